The molecule has 6 heteroatoms. The summed E-state index contributed by atoms with van der Waals surface area (Å²) in [5.74, 6) is 0.423. The van der Waals surface area contributed by atoms with Gasteiger partial charge in [-0.05, 0) is 36.8 Å². The molecular weight excluding hydrogens is 314 g/mol. The maximum absolute atomic E-state index is 11.4. The third kappa shape index (κ3) is 4.53. The third-order valence-electron chi connectivity index (χ3n) is 4.68. The van der Waals surface area contributed by atoms with Gasteiger partial charge in [0, 0.05) is 12.6 Å². The lowest BCUT2D eigenvalue weighted by Crippen LogP contribution is -2.38. The summed E-state index contributed by atoms with van der Waals surface area (Å²) >= 11 is 0. The largest absolute Gasteiger partial charge is 0.389 e. The van der Waals surface area contributed by atoms with E-state index in [1.165, 1.54) is 11.1 Å². The lowest BCUT2D eigenvalue weighted by Gasteiger charge is -2.27. The Bertz CT molecular complexity index is 631. The van der Waals surface area contributed by atoms with E-state index in [-0.39, 0.29) is 30.3 Å². The third-order valence-corrected chi connectivity index (χ3v) is 6.45. The molecule has 0 unspecified atom stereocenters. The second kappa shape index (κ2) is 7.30. The number of hydrogen-bond donors (Lipinski definition) is 2. The van der Waals surface area contributed by atoms with E-state index in [2.05, 4.69) is 23.5 Å². The van der Waals surface area contributed by atoms with Gasteiger partial charge in [-0.15, -0.1) is 0 Å². The molecule has 1 saturated heterocycles. The van der Waals surface area contributed by atoms with Crippen molar-refractivity contribution in [2.75, 3.05) is 24.7 Å². The molecule has 0 saturated carbocycles. The van der Waals surface area contributed by atoms with Crippen LogP contribution >= 0.6 is 0 Å². The summed E-state index contributed by atoms with van der Waals surface area (Å²) in [5, 5.41) is 13.2. The topological polar surface area (TPSA) is 75.6 Å². The minimum atomic E-state index is -2.88. The van der Waals surface area contributed by atoms with Gasteiger partial charge in [-0.25, -0.2) is 8.42 Å². The van der Waals surface area contributed by atoms with Gasteiger partial charge in [-0.2, -0.15) is 0 Å². The Balaban J connectivity index is 1.44. The van der Waals surface area contributed by atoms with Crippen molar-refractivity contribution in [1.82, 2.24) is 5.32 Å². The van der Waals surface area contributed by atoms with Crippen molar-refractivity contribution in [2.45, 2.75) is 43.9 Å². The molecule has 1 aliphatic carbocycles. The van der Waals surface area contributed by atoms with Crippen LogP contribution in [0.3, 0.4) is 0 Å². The minimum Gasteiger partial charge on any atom is -0.389 e. The van der Waals surface area contributed by atoms with Crippen molar-refractivity contribution in [3.8, 4) is 0 Å². The van der Waals surface area contributed by atoms with Crippen LogP contribution in [0.4, 0.5) is 0 Å². The van der Waals surface area contributed by atoms with Gasteiger partial charge in [-0.3, -0.25) is 0 Å². The van der Waals surface area contributed by atoms with Crippen LogP contribution in [0, 0.1) is 0 Å². The van der Waals surface area contributed by atoms with Crippen LogP contribution in [0.5, 0.6) is 0 Å². The molecule has 0 amide bonds. The molecule has 1 aromatic carbocycles. The highest BCUT2D eigenvalue weighted by Gasteiger charge is 2.28. The van der Waals surface area contributed by atoms with Gasteiger partial charge in [0.05, 0.1) is 30.3 Å². The molecular formula is C17H25NO4S. The first-order valence-electron chi connectivity index (χ1n) is 8.35. The van der Waals surface area contributed by atoms with Crippen LogP contribution in [-0.2, 0) is 21.0 Å². The van der Waals surface area contributed by atoms with Crippen LogP contribution < -0.4 is 5.32 Å². The first-order chi connectivity index (χ1) is 11.0. The number of aliphatic hydroxyl groups excluding tert-OH is 1. The summed E-state index contributed by atoms with van der Waals surface area (Å²) in [6, 6.07) is 8.29. The minimum absolute atomic E-state index is 0.0370. The predicted molar refractivity (Wildman–Crippen MR) is 89.1 cm³/mol. The van der Waals surface area contributed by atoms with E-state index in [4.69, 9.17) is 4.74 Å². The number of aliphatic hydroxyl groups is 1. The fourth-order valence-corrected chi connectivity index (χ4v) is 5.14. The number of rotatable bonds is 6. The highest BCUT2D eigenvalue weighted by molar-refractivity contribution is 7.91. The van der Waals surface area contributed by atoms with Crippen molar-refractivity contribution in [2.24, 2.45) is 0 Å². The zero-order valence-electron chi connectivity index (χ0n) is 13.3. The maximum atomic E-state index is 11.4. The Morgan fingerprint density at radius 1 is 1.30 bits per heavy atom. The summed E-state index contributed by atoms with van der Waals surface area (Å²) in [4.78, 5) is 0. The van der Waals surface area contributed by atoms with Crippen LogP contribution in [0.2, 0.25) is 0 Å². The molecule has 5 nitrogen and oxygen atoms in total. The molecule has 0 aromatic heterocycles. The van der Waals surface area contributed by atoms with E-state index in [1.807, 2.05) is 6.07 Å². The summed E-state index contributed by atoms with van der Waals surface area (Å²) < 4.78 is 28.7. The zero-order valence-corrected chi connectivity index (χ0v) is 14.1. The van der Waals surface area contributed by atoms with E-state index in [9.17, 15) is 13.5 Å². The van der Waals surface area contributed by atoms with Crippen molar-refractivity contribution < 1.29 is 18.3 Å². The van der Waals surface area contributed by atoms with Crippen molar-refractivity contribution in [3.63, 3.8) is 0 Å². The molecule has 1 fully saturated rings. The highest BCUT2D eigenvalue weighted by atomic mass is 32.2. The van der Waals surface area contributed by atoms with Gasteiger partial charge in [0.25, 0.3) is 0 Å². The Morgan fingerprint density at radius 2 is 2.13 bits per heavy atom. The van der Waals surface area contributed by atoms with Crippen LogP contribution in [0.15, 0.2) is 24.3 Å². The smallest absolute Gasteiger partial charge is 0.151 e. The molecule has 0 bridgehead atoms. The second-order valence-corrected chi connectivity index (χ2v) is 8.80. The molecule has 1 aromatic rings. The van der Waals surface area contributed by atoms with Crippen molar-refractivity contribution in [1.29, 1.82) is 0 Å². The molecule has 2 aliphatic rings. The fourth-order valence-electron chi connectivity index (χ4n) is 3.43. The summed E-state index contributed by atoms with van der Waals surface area (Å²) in [6.45, 7) is 0.639. The predicted octanol–water partition coefficient (Wildman–Crippen LogP) is 1.22. The van der Waals surface area contributed by atoms with E-state index in [0.717, 1.165) is 19.3 Å². The van der Waals surface area contributed by atoms with Crippen molar-refractivity contribution in [3.05, 3.63) is 35.4 Å². The molecule has 0 radical (unpaired) electrons. The number of sulfone groups is 1. The van der Waals surface area contributed by atoms with E-state index >= 15 is 0 Å². The molecule has 128 valence electrons. The van der Waals surface area contributed by atoms with Gasteiger partial charge >= 0.3 is 0 Å². The molecule has 3 rings (SSSR count). The van der Waals surface area contributed by atoms with Gasteiger partial charge in [-0.1, -0.05) is 24.3 Å². The normalized spacial score (nSPS) is 27.5. The Morgan fingerprint density at radius 3 is 2.91 bits per heavy atom. The molecule has 1 aliphatic heterocycles. The molecule has 3 atom stereocenters. The maximum Gasteiger partial charge on any atom is 0.151 e. The summed E-state index contributed by atoms with van der Waals surface area (Å²) in [7, 11) is -2.88. The molecule has 23 heavy (non-hydrogen) atoms. The monoisotopic (exact) mass is 339 g/mol. The van der Waals surface area contributed by atoms with E-state index in [0.29, 0.717) is 13.0 Å². The molecule has 1 heterocycles. The summed E-state index contributed by atoms with van der Waals surface area (Å²) in [5.41, 5.74) is 2.58. The average molecular weight is 339 g/mol. The van der Waals surface area contributed by atoms with Crippen LogP contribution in [-0.4, -0.2) is 50.3 Å². The zero-order chi connectivity index (χ0) is 16.3. The first-order valence-corrected chi connectivity index (χ1v) is 10.2. The SMILES string of the molecule is O=S1(=O)CC[C@@H](NC[C@@H](O)CO[C@@H]2CCCc3ccccc32)C1. The molecule has 0 spiro atoms. The van der Waals surface area contributed by atoms with Gasteiger partial charge in [0.2, 0.25) is 0 Å². The second-order valence-electron chi connectivity index (χ2n) is 6.58. The highest BCUT2D eigenvalue weighted by Crippen LogP contribution is 2.32. The van der Waals surface area contributed by atoms with Gasteiger partial charge < -0.3 is 15.2 Å². The first kappa shape index (κ1) is 16.9. The summed E-state index contributed by atoms with van der Waals surface area (Å²) in [6.07, 6.45) is 3.25. The van der Waals surface area contributed by atoms with Gasteiger partial charge in [0.15, 0.2) is 9.84 Å². The van der Waals surface area contributed by atoms with Crippen molar-refractivity contribution >= 4 is 9.84 Å². The van der Waals surface area contributed by atoms with Crippen LogP contribution in [0.1, 0.15) is 36.5 Å². The fraction of sp³-hybridized carbons (Fsp3) is 0.647. The standard InChI is InChI=1S/C17H25NO4S/c19-15(10-18-14-8-9-23(20,21)12-14)11-22-17-7-3-5-13-4-1-2-6-16(13)17/h1-2,4,6,14-15,17-19H,3,5,7-12H2/t14-,15-,17-/m1/s1. The number of fused-ring (bicyclic) bond motifs is 1. The number of aryl methyl sites for hydroxylation is 1. The Hall–Kier alpha value is -0.950. The number of benzene rings is 1. The lowest BCUT2D eigenvalue weighted by molar-refractivity contribution is -0.0172. The van der Waals surface area contributed by atoms with Crippen LogP contribution in [0.25, 0.3) is 0 Å². The lowest BCUT2D eigenvalue weighted by atomic mass is 9.89. The number of hydrogen-bond acceptors (Lipinski definition) is 5. The Labute approximate surface area is 138 Å². The number of ether oxygens (including phenoxy) is 1. The number of nitrogens with one attached hydrogen (secondary N) is 1. The average Bonchev–Trinajstić information content (AvgIpc) is 2.90. The van der Waals surface area contributed by atoms with E-state index < -0.39 is 15.9 Å². The quantitative estimate of drug-likeness (QED) is 0.815. The van der Waals surface area contributed by atoms with E-state index in [1.54, 1.807) is 0 Å². The Kier molecular flexibility index (Phi) is 5.36. The molecule has 2 N–H and O–H groups in total. The van der Waals surface area contributed by atoms with Gasteiger partial charge in [0.1, 0.15) is 0 Å².